The predicted molar refractivity (Wildman–Crippen MR) is 62.9 cm³/mol. The van der Waals surface area contributed by atoms with Crippen LogP contribution in [0.1, 0.15) is 32.6 Å². The van der Waals surface area contributed by atoms with Crippen molar-refractivity contribution in [1.29, 1.82) is 0 Å². The summed E-state index contributed by atoms with van der Waals surface area (Å²) in [6.45, 7) is 4.95. The van der Waals surface area contributed by atoms with Gasteiger partial charge in [0.15, 0.2) is 0 Å². The second kappa shape index (κ2) is 6.57. The minimum Gasteiger partial charge on any atom is -0.298 e. The Morgan fingerprint density at radius 3 is 2.57 bits per heavy atom. The second-order valence-electron chi connectivity index (χ2n) is 4.16. The highest BCUT2D eigenvalue weighted by Gasteiger charge is 2.19. The predicted octanol–water partition coefficient (Wildman–Crippen LogP) is 2.46. The van der Waals surface area contributed by atoms with Crippen LogP contribution in [0.15, 0.2) is 0 Å². The quantitative estimate of drug-likeness (QED) is 0.709. The Hall–Kier alpha value is 0.110. The summed E-state index contributed by atoms with van der Waals surface area (Å²) in [6, 6.07) is 0. The van der Waals surface area contributed by atoms with E-state index in [0.29, 0.717) is 12.3 Å². The molecule has 0 atom stereocenters. The fourth-order valence-electron chi connectivity index (χ4n) is 1.91. The zero-order chi connectivity index (χ0) is 10.4. The second-order valence-corrected chi connectivity index (χ2v) is 4.81. The first-order chi connectivity index (χ1) is 6.76. The molecule has 3 heteroatoms. The van der Waals surface area contributed by atoms with Gasteiger partial charge in [0.05, 0.1) is 6.54 Å². The van der Waals surface area contributed by atoms with Crippen molar-refractivity contribution in [3.63, 3.8) is 0 Å². The SMILES string of the molecule is CCCC(=O)CN1CCC(CBr)CC1. The summed E-state index contributed by atoms with van der Waals surface area (Å²) >= 11 is 3.52. The lowest BCUT2D eigenvalue weighted by atomic mass is 9.99. The molecule has 0 radical (unpaired) electrons. The fourth-order valence-corrected chi connectivity index (χ4v) is 2.55. The van der Waals surface area contributed by atoms with Crippen LogP contribution >= 0.6 is 15.9 Å². The smallest absolute Gasteiger partial charge is 0.146 e. The van der Waals surface area contributed by atoms with Gasteiger partial charge in [-0.15, -0.1) is 0 Å². The van der Waals surface area contributed by atoms with E-state index in [1.165, 1.54) is 12.8 Å². The number of hydrogen-bond donors (Lipinski definition) is 0. The van der Waals surface area contributed by atoms with Crippen LogP contribution < -0.4 is 0 Å². The largest absolute Gasteiger partial charge is 0.298 e. The van der Waals surface area contributed by atoms with Gasteiger partial charge >= 0.3 is 0 Å². The molecule has 1 aliphatic heterocycles. The average Bonchev–Trinajstić information content (AvgIpc) is 2.19. The summed E-state index contributed by atoms with van der Waals surface area (Å²) in [7, 11) is 0. The van der Waals surface area contributed by atoms with E-state index in [-0.39, 0.29) is 0 Å². The number of Topliss-reactive ketones (excluding diaryl/α,β-unsaturated/α-hetero) is 1. The van der Waals surface area contributed by atoms with Gasteiger partial charge in [0.25, 0.3) is 0 Å². The minimum absolute atomic E-state index is 0.407. The van der Waals surface area contributed by atoms with Gasteiger partial charge in [-0.2, -0.15) is 0 Å². The van der Waals surface area contributed by atoms with E-state index < -0.39 is 0 Å². The van der Waals surface area contributed by atoms with Crippen LogP contribution in [0.4, 0.5) is 0 Å². The summed E-state index contributed by atoms with van der Waals surface area (Å²) in [5.74, 6) is 1.23. The monoisotopic (exact) mass is 261 g/mol. The molecule has 0 aromatic carbocycles. The number of piperidine rings is 1. The van der Waals surface area contributed by atoms with Crippen molar-refractivity contribution in [3.8, 4) is 0 Å². The fraction of sp³-hybridized carbons (Fsp3) is 0.909. The molecular formula is C11H20BrNO. The van der Waals surface area contributed by atoms with Gasteiger partial charge in [0, 0.05) is 11.8 Å². The molecule has 0 amide bonds. The summed E-state index contributed by atoms with van der Waals surface area (Å²) in [4.78, 5) is 13.7. The van der Waals surface area contributed by atoms with Crippen LogP contribution in [-0.4, -0.2) is 35.6 Å². The van der Waals surface area contributed by atoms with Crippen LogP contribution in [0.25, 0.3) is 0 Å². The number of rotatable bonds is 5. The number of halogens is 1. The molecule has 82 valence electrons. The third-order valence-electron chi connectivity index (χ3n) is 2.85. The maximum absolute atomic E-state index is 11.4. The van der Waals surface area contributed by atoms with Crippen molar-refractivity contribution >= 4 is 21.7 Å². The van der Waals surface area contributed by atoms with E-state index in [9.17, 15) is 4.79 Å². The van der Waals surface area contributed by atoms with Crippen LogP contribution in [0, 0.1) is 5.92 Å². The molecule has 1 heterocycles. The Bertz CT molecular complexity index is 176. The number of carbonyl (C=O) groups is 1. The van der Waals surface area contributed by atoms with Crippen LogP contribution in [0.3, 0.4) is 0 Å². The van der Waals surface area contributed by atoms with Crippen molar-refractivity contribution in [3.05, 3.63) is 0 Å². The highest BCUT2D eigenvalue weighted by molar-refractivity contribution is 9.09. The molecule has 0 N–H and O–H groups in total. The van der Waals surface area contributed by atoms with Crippen molar-refractivity contribution in [2.24, 2.45) is 5.92 Å². The van der Waals surface area contributed by atoms with E-state index in [1.54, 1.807) is 0 Å². The summed E-state index contributed by atoms with van der Waals surface area (Å²) in [5.41, 5.74) is 0. The number of nitrogens with zero attached hydrogens (tertiary/aromatic N) is 1. The zero-order valence-corrected chi connectivity index (χ0v) is 10.6. The number of likely N-dealkylation sites (tertiary alicyclic amines) is 1. The molecule has 0 aliphatic carbocycles. The standard InChI is InChI=1S/C11H20BrNO/c1-2-3-11(14)9-13-6-4-10(8-12)5-7-13/h10H,2-9H2,1H3. The summed E-state index contributed by atoms with van der Waals surface area (Å²) in [5, 5.41) is 1.11. The highest BCUT2D eigenvalue weighted by Crippen LogP contribution is 2.18. The molecule has 1 rings (SSSR count). The van der Waals surface area contributed by atoms with E-state index in [0.717, 1.165) is 37.2 Å². The summed E-state index contributed by atoms with van der Waals surface area (Å²) in [6.07, 6.45) is 4.21. The molecule has 1 fully saturated rings. The summed E-state index contributed by atoms with van der Waals surface area (Å²) < 4.78 is 0. The van der Waals surface area contributed by atoms with Crippen LogP contribution in [0.2, 0.25) is 0 Å². The van der Waals surface area contributed by atoms with Crippen molar-refractivity contribution in [2.75, 3.05) is 25.0 Å². The Labute approximate surface area is 95.2 Å². The van der Waals surface area contributed by atoms with Crippen molar-refractivity contribution in [2.45, 2.75) is 32.6 Å². The molecule has 0 saturated carbocycles. The maximum Gasteiger partial charge on any atom is 0.146 e. The molecule has 2 nitrogen and oxygen atoms in total. The third-order valence-corrected chi connectivity index (χ3v) is 3.77. The van der Waals surface area contributed by atoms with Gasteiger partial charge in [0.2, 0.25) is 0 Å². The van der Waals surface area contributed by atoms with Gasteiger partial charge in [-0.05, 0) is 38.3 Å². The molecule has 1 saturated heterocycles. The molecule has 0 spiro atoms. The van der Waals surface area contributed by atoms with Crippen molar-refractivity contribution in [1.82, 2.24) is 4.90 Å². The van der Waals surface area contributed by atoms with Crippen LogP contribution in [-0.2, 0) is 4.79 Å². The van der Waals surface area contributed by atoms with E-state index in [4.69, 9.17) is 0 Å². The molecule has 0 bridgehead atoms. The lowest BCUT2D eigenvalue weighted by Crippen LogP contribution is -2.37. The molecule has 0 aromatic rings. The third kappa shape index (κ3) is 4.09. The van der Waals surface area contributed by atoms with E-state index in [1.807, 2.05) is 0 Å². The number of carbonyl (C=O) groups excluding carboxylic acids is 1. The van der Waals surface area contributed by atoms with Crippen LogP contribution in [0.5, 0.6) is 0 Å². The van der Waals surface area contributed by atoms with E-state index in [2.05, 4.69) is 27.8 Å². The average molecular weight is 262 g/mol. The molecular weight excluding hydrogens is 242 g/mol. The normalized spacial score (nSPS) is 19.9. The number of hydrogen-bond acceptors (Lipinski definition) is 2. The lowest BCUT2D eigenvalue weighted by Gasteiger charge is -2.30. The van der Waals surface area contributed by atoms with Gasteiger partial charge < -0.3 is 0 Å². The van der Waals surface area contributed by atoms with Gasteiger partial charge in [-0.1, -0.05) is 22.9 Å². The number of alkyl halides is 1. The zero-order valence-electron chi connectivity index (χ0n) is 8.97. The molecule has 0 aromatic heterocycles. The molecule has 1 aliphatic rings. The highest BCUT2D eigenvalue weighted by atomic mass is 79.9. The Morgan fingerprint density at radius 2 is 2.07 bits per heavy atom. The Balaban J connectivity index is 2.18. The Morgan fingerprint density at radius 1 is 1.43 bits per heavy atom. The Kier molecular flexibility index (Phi) is 5.71. The lowest BCUT2D eigenvalue weighted by molar-refractivity contribution is -0.120. The molecule has 0 unspecified atom stereocenters. The first-order valence-corrected chi connectivity index (χ1v) is 6.68. The first-order valence-electron chi connectivity index (χ1n) is 5.56. The molecule has 14 heavy (non-hydrogen) atoms. The van der Waals surface area contributed by atoms with Gasteiger partial charge in [-0.25, -0.2) is 0 Å². The maximum atomic E-state index is 11.4. The van der Waals surface area contributed by atoms with Gasteiger partial charge in [0.1, 0.15) is 5.78 Å². The van der Waals surface area contributed by atoms with Gasteiger partial charge in [-0.3, -0.25) is 9.69 Å². The number of ketones is 1. The van der Waals surface area contributed by atoms with E-state index >= 15 is 0 Å². The van der Waals surface area contributed by atoms with Crippen molar-refractivity contribution < 1.29 is 4.79 Å². The topological polar surface area (TPSA) is 20.3 Å². The first kappa shape index (κ1) is 12.2. The minimum atomic E-state index is 0.407.